The molecule has 1 heterocycles. The Kier molecular flexibility index (Phi) is 14.5. The standard InChI is InChI=1S/C21H34ClN3O3.HI/c1-3-18(28-20-8-5-4-7-19(20)22)15-25-21(23-2)24-11-6-12-27-16-17-9-13-26-14-10-17;/h4-5,7-8,17-18H,3,6,9-16H2,1-2H3,(H2,23,24,25);1H. The van der Waals surface area contributed by atoms with Crippen molar-refractivity contribution in [3.63, 3.8) is 0 Å². The van der Waals surface area contributed by atoms with Crippen LogP contribution in [0.4, 0.5) is 0 Å². The van der Waals surface area contributed by atoms with E-state index in [1.807, 2.05) is 24.3 Å². The van der Waals surface area contributed by atoms with Crippen LogP contribution in [0.3, 0.4) is 0 Å². The molecule has 0 radical (unpaired) electrons. The average Bonchev–Trinajstić information content (AvgIpc) is 2.73. The minimum Gasteiger partial charge on any atom is -0.487 e. The monoisotopic (exact) mass is 539 g/mol. The topological polar surface area (TPSA) is 64.1 Å². The van der Waals surface area contributed by atoms with Gasteiger partial charge >= 0.3 is 0 Å². The summed E-state index contributed by atoms with van der Waals surface area (Å²) in [5.74, 6) is 2.13. The van der Waals surface area contributed by atoms with Crippen molar-refractivity contribution in [2.24, 2.45) is 10.9 Å². The van der Waals surface area contributed by atoms with Crippen molar-refractivity contribution in [2.75, 3.05) is 46.6 Å². The molecule has 1 saturated heterocycles. The van der Waals surface area contributed by atoms with Crippen LogP contribution < -0.4 is 15.4 Å². The summed E-state index contributed by atoms with van der Waals surface area (Å²) in [6.45, 7) is 6.90. The molecule has 0 amide bonds. The van der Waals surface area contributed by atoms with Gasteiger partial charge in [-0.1, -0.05) is 30.7 Å². The van der Waals surface area contributed by atoms with Gasteiger partial charge in [-0.3, -0.25) is 4.99 Å². The summed E-state index contributed by atoms with van der Waals surface area (Å²) >= 11 is 6.18. The fourth-order valence-corrected chi connectivity index (χ4v) is 3.14. The van der Waals surface area contributed by atoms with Crippen LogP contribution in [-0.2, 0) is 9.47 Å². The minimum absolute atomic E-state index is 0. The molecule has 8 heteroatoms. The molecule has 1 aromatic carbocycles. The first-order valence-electron chi connectivity index (χ1n) is 10.2. The van der Waals surface area contributed by atoms with Gasteiger partial charge in [-0.05, 0) is 43.7 Å². The first-order chi connectivity index (χ1) is 13.7. The number of nitrogens with zero attached hydrogens (tertiary/aromatic N) is 1. The molecule has 0 aromatic heterocycles. The smallest absolute Gasteiger partial charge is 0.191 e. The van der Waals surface area contributed by atoms with E-state index in [0.717, 1.165) is 64.6 Å². The van der Waals surface area contributed by atoms with E-state index in [2.05, 4.69) is 22.5 Å². The number of hydrogen-bond donors (Lipinski definition) is 2. The third-order valence-corrected chi connectivity index (χ3v) is 5.07. The second kappa shape index (κ2) is 16.0. The molecule has 1 fully saturated rings. The minimum atomic E-state index is 0. The number of para-hydroxylation sites is 1. The highest BCUT2D eigenvalue weighted by molar-refractivity contribution is 14.0. The molecule has 6 nitrogen and oxygen atoms in total. The summed E-state index contributed by atoms with van der Waals surface area (Å²) in [6.07, 6.45) is 4.06. The van der Waals surface area contributed by atoms with Crippen molar-refractivity contribution >= 4 is 41.5 Å². The van der Waals surface area contributed by atoms with Gasteiger partial charge in [0, 0.05) is 40.0 Å². The fourth-order valence-electron chi connectivity index (χ4n) is 2.96. The van der Waals surface area contributed by atoms with Gasteiger partial charge in [0.1, 0.15) is 11.9 Å². The van der Waals surface area contributed by atoms with Gasteiger partial charge in [0.05, 0.1) is 11.6 Å². The van der Waals surface area contributed by atoms with Gasteiger partial charge in [0.25, 0.3) is 0 Å². The summed E-state index contributed by atoms with van der Waals surface area (Å²) in [6, 6.07) is 7.54. The number of hydrogen-bond acceptors (Lipinski definition) is 4. The molecule has 2 rings (SSSR count). The van der Waals surface area contributed by atoms with Crippen LogP contribution in [0.2, 0.25) is 5.02 Å². The highest BCUT2D eigenvalue weighted by atomic mass is 127. The highest BCUT2D eigenvalue weighted by Crippen LogP contribution is 2.24. The maximum Gasteiger partial charge on any atom is 0.191 e. The highest BCUT2D eigenvalue weighted by Gasteiger charge is 2.13. The van der Waals surface area contributed by atoms with Crippen LogP contribution in [0.15, 0.2) is 29.3 Å². The molecule has 1 aliphatic rings. The van der Waals surface area contributed by atoms with Crippen molar-refractivity contribution in [3.8, 4) is 5.75 Å². The molecule has 166 valence electrons. The molecular formula is C21H35ClIN3O3. The van der Waals surface area contributed by atoms with Crippen molar-refractivity contribution in [1.82, 2.24) is 10.6 Å². The maximum absolute atomic E-state index is 6.18. The molecule has 0 aliphatic carbocycles. The van der Waals surface area contributed by atoms with E-state index in [1.165, 1.54) is 0 Å². The van der Waals surface area contributed by atoms with Gasteiger partial charge in [-0.2, -0.15) is 0 Å². The summed E-state index contributed by atoms with van der Waals surface area (Å²) in [5, 5.41) is 7.27. The second-order valence-electron chi connectivity index (χ2n) is 6.94. The quantitative estimate of drug-likeness (QED) is 0.192. The Bertz CT molecular complexity index is 586. The number of halogens is 2. The number of aliphatic imine (C=N–C) groups is 1. The van der Waals surface area contributed by atoms with E-state index in [0.29, 0.717) is 23.2 Å². The number of ether oxygens (including phenoxy) is 3. The van der Waals surface area contributed by atoms with Gasteiger partial charge in [-0.25, -0.2) is 0 Å². The van der Waals surface area contributed by atoms with Gasteiger partial charge < -0.3 is 24.8 Å². The first kappa shape index (κ1) is 26.3. The number of nitrogens with one attached hydrogen (secondary N) is 2. The zero-order valence-electron chi connectivity index (χ0n) is 17.5. The number of benzene rings is 1. The lowest BCUT2D eigenvalue weighted by Gasteiger charge is -2.22. The average molecular weight is 540 g/mol. The zero-order valence-corrected chi connectivity index (χ0v) is 20.6. The Balaban J connectivity index is 0.00000420. The molecule has 1 aliphatic heterocycles. The fraction of sp³-hybridized carbons (Fsp3) is 0.667. The maximum atomic E-state index is 6.18. The molecule has 0 saturated carbocycles. The predicted molar refractivity (Wildman–Crippen MR) is 130 cm³/mol. The largest absolute Gasteiger partial charge is 0.487 e. The molecule has 2 N–H and O–H groups in total. The molecule has 29 heavy (non-hydrogen) atoms. The molecule has 1 atom stereocenters. The molecule has 0 spiro atoms. The van der Waals surface area contributed by atoms with E-state index >= 15 is 0 Å². The van der Waals surface area contributed by atoms with Crippen LogP contribution in [0, 0.1) is 5.92 Å². The molecule has 1 unspecified atom stereocenters. The van der Waals surface area contributed by atoms with Crippen molar-refractivity contribution < 1.29 is 14.2 Å². The Hall–Kier alpha value is -0.770. The molecular weight excluding hydrogens is 505 g/mol. The van der Waals surface area contributed by atoms with E-state index in [-0.39, 0.29) is 30.1 Å². The predicted octanol–water partition coefficient (Wildman–Crippen LogP) is 4.11. The Morgan fingerprint density at radius 2 is 2.03 bits per heavy atom. The second-order valence-corrected chi connectivity index (χ2v) is 7.35. The summed E-state index contributed by atoms with van der Waals surface area (Å²) in [7, 11) is 1.77. The van der Waals surface area contributed by atoms with Crippen molar-refractivity contribution in [2.45, 2.75) is 38.7 Å². The van der Waals surface area contributed by atoms with Crippen LogP contribution in [0.25, 0.3) is 0 Å². The third-order valence-electron chi connectivity index (χ3n) is 4.76. The number of guanidine groups is 1. The Morgan fingerprint density at radius 1 is 1.28 bits per heavy atom. The summed E-state index contributed by atoms with van der Waals surface area (Å²) < 4.78 is 17.2. The molecule has 1 aromatic rings. The van der Waals surface area contributed by atoms with Crippen LogP contribution in [0.5, 0.6) is 5.75 Å². The van der Waals surface area contributed by atoms with Gasteiger partial charge in [0.15, 0.2) is 5.96 Å². The number of rotatable bonds is 11. The van der Waals surface area contributed by atoms with E-state index < -0.39 is 0 Å². The van der Waals surface area contributed by atoms with Crippen LogP contribution in [-0.4, -0.2) is 58.6 Å². The molecule has 0 bridgehead atoms. The van der Waals surface area contributed by atoms with E-state index in [1.54, 1.807) is 7.05 Å². The Morgan fingerprint density at radius 3 is 2.72 bits per heavy atom. The van der Waals surface area contributed by atoms with Gasteiger partial charge in [-0.15, -0.1) is 24.0 Å². The van der Waals surface area contributed by atoms with Crippen LogP contribution in [0.1, 0.15) is 32.6 Å². The van der Waals surface area contributed by atoms with Gasteiger partial charge in [0.2, 0.25) is 0 Å². The third kappa shape index (κ3) is 10.7. The lowest BCUT2D eigenvalue weighted by molar-refractivity contribution is 0.0203. The SMILES string of the molecule is CCC(CNC(=NC)NCCCOCC1CCOCC1)Oc1ccccc1Cl.I. The Labute approximate surface area is 197 Å². The van der Waals surface area contributed by atoms with Crippen molar-refractivity contribution in [1.29, 1.82) is 0 Å². The van der Waals surface area contributed by atoms with E-state index in [4.69, 9.17) is 25.8 Å². The first-order valence-corrected chi connectivity index (χ1v) is 10.6. The summed E-state index contributed by atoms with van der Waals surface area (Å²) in [4.78, 5) is 4.27. The lowest BCUT2D eigenvalue weighted by Crippen LogP contribution is -2.42. The van der Waals surface area contributed by atoms with Crippen LogP contribution >= 0.6 is 35.6 Å². The summed E-state index contributed by atoms with van der Waals surface area (Å²) in [5.41, 5.74) is 0. The zero-order chi connectivity index (χ0) is 20.0. The van der Waals surface area contributed by atoms with E-state index in [9.17, 15) is 0 Å². The lowest BCUT2D eigenvalue weighted by atomic mass is 10.0. The van der Waals surface area contributed by atoms with Crippen molar-refractivity contribution in [3.05, 3.63) is 29.3 Å². The normalized spacial score (nSPS) is 16.0.